The van der Waals surface area contributed by atoms with Crippen molar-refractivity contribution in [1.29, 1.82) is 5.41 Å². The van der Waals surface area contributed by atoms with Gasteiger partial charge >= 0.3 is 0 Å². The first-order chi connectivity index (χ1) is 9.65. The third kappa shape index (κ3) is 5.60. The fraction of sp³-hybridized carbons (Fsp3) is 0.643. The second-order valence-electron chi connectivity index (χ2n) is 6.41. The molecule has 2 atom stereocenters. The Balaban J connectivity index is 2.92. The van der Waals surface area contributed by atoms with Gasteiger partial charge in [-0.05, 0) is 39.2 Å². The van der Waals surface area contributed by atoms with Crippen molar-refractivity contribution in [3.63, 3.8) is 0 Å². The molecule has 0 aromatic carbocycles. The van der Waals surface area contributed by atoms with Crippen LogP contribution < -0.4 is 10.2 Å². The average molecular weight is 332 g/mol. The molecule has 0 fully saturated rings. The zero-order valence-corrected chi connectivity index (χ0v) is 14.8. The van der Waals surface area contributed by atoms with Gasteiger partial charge in [0.05, 0.1) is 6.04 Å². The molecule has 1 rings (SSSR count). The van der Waals surface area contributed by atoms with Crippen LogP contribution >= 0.6 is 11.3 Å². The topological polar surface area (TPSA) is 91.2 Å². The molecule has 0 aliphatic rings. The summed E-state index contributed by atoms with van der Waals surface area (Å²) in [7, 11) is 0. The highest BCUT2D eigenvalue weighted by molar-refractivity contribution is 7.90. The highest BCUT2D eigenvalue weighted by Gasteiger charge is 2.30. The van der Waals surface area contributed by atoms with Gasteiger partial charge < -0.3 is 4.55 Å². The molecule has 120 valence electrons. The van der Waals surface area contributed by atoms with E-state index in [-0.39, 0.29) is 16.6 Å². The van der Waals surface area contributed by atoms with E-state index in [4.69, 9.17) is 10.6 Å². The second kappa shape index (κ2) is 7.60. The predicted molar refractivity (Wildman–Crippen MR) is 89.3 cm³/mol. The second-order valence-corrected chi connectivity index (χ2v) is 9.35. The summed E-state index contributed by atoms with van der Waals surface area (Å²) in [6, 6.07) is 1.84. The minimum Gasteiger partial charge on any atom is -0.598 e. The highest BCUT2D eigenvalue weighted by atomic mass is 32.2. The molecule has 0 aliphatic carbocycles. The zero-order valence-electron chi connectivity index (χ0n) is 13.2. The van der Waals surface area contributed by atoms with E-state index >= 15 is 0 Å². The Bertz CT molecular complexity index is 469. The normalized spacial score (nSPS) is 15.0. The Labute approximate surface area is 133 Å². The van der Waals surface area contributed by atoms with E-state index in [1.165, 1.54) is 11.3 Å². The highest BCUT2D eigenvalue weighted by Crippen LogP contribution is 2.29. The van der Waals surface area contributed by atoms with E-state index in [2.05, 4.69) is 18.6 Å². The summed E-state index contributed by atoms with van der Waals surface area (Å²) in [4.78, 5) is 1.02. The van der Waals surface area contributed by atoms with E-state index in [0.29, 0.717) is 11.5 Å². The Morgan fingerprint density at radius 1 is 1.48 bits per heavy atom. The maximum absolute atomic E-state index is 12.3. The summed E-state index contributed by atoms with van der Waals surface area (Å²) in [6.45, 7) is 10.1. The van der Waals surface area contributed by atoms with Gasteiger partial charge in [-0.3, -0.25) is 16.1 Å². The SMILES string of the molecule is CC(C)C[C@@H](N[S@@+]([O-])C(C)(C)C)c1cc(C(=N)NO)cs1. The van der Waals surface area contributed by atoms with Gasteiger partial charge in [-0.2, -0.15) is 0 Å². The summed E-state index contributed by atoms with van der Waals surface area (Å²) in [5, 5.41) is 18.2. The molecule has 0 unspecified atom stereocenters. The Hall–Kier alpha value is -0.600. The van der Waals surface area contributed by atoms with Gasteiger partial charge in [0.1, 0.15) is 10.6 Å². The van der Waals surface area contributed by atoms with Gasteiger partial charge in [0.2, 0.25) is 0 Å². The Morgan fingerprint density at radius 2 is 2.10 bits per heavy atom. The van der Waals surface area contributed by atoms with Crippen molar-refractivity contribution in [2.45, 2.75) is 51.8 Å². The lowest BCUT2D eigenvalue weighted by Crippen LogP contribution is -2.41. The van der Waals surface area contributed by atoms with Crippen LogP contribution in [0.5, 0.6) is 0 Å². The van der Waals surface area contributed by atoms with Crippen LogP contribution in [0.3, 0.4) is 0 Å². The summed E-state index contributed by atoms with van der Waals surface area (Å²) >= 11 is 0.358. The average Bonchev–Trinajstić information content (AvgIpc) is 2.84. The molecule has 21 heavy (non-hydrogen) atoms. The number of amidine groups is 1. The smallest absolute Gasteiger partial charge is 0.150 e. The lowest BCUT2D eigenvalue weighted by Gasteiger charge is -2.28. The van der Waals surface area contributed by atoms with Gasteiger partial charge in [-0.1, -0.05) is 13.8 Å². The van der Waals surface area contributed by atoms with Crippen molar-refractivity contribution in [3.8, 4) is 0 Å². The summed E-state index contributed by atoms with van der Waals surface area (Å²) < 4.78 is 15.2. The molecule has 0 saturated heterocycles. The lowest BCUT2D eigenvalue weighted by molar-refractivity contribution is 0.234. The van der Waals surface area contributed by atoms with Crippen molar-refractivity contribution in [2.24, 2.45) is 5.92 Å². The van der Waals surface area contributed by atoms with Gasteiger partial charge in [-0.25, -0.2) is 0 Å². The minimum absolute atomic E-state index is 0.0182. The van der Waals surface area contributed by atoms with Crippen LogP contribution in [0.2, 0.25) is 0 Å². The third-order valence-electron chi connectivity index (χ3n) is 2.88. The molecule has 5 nitrogen and oxygen atoms in total. The van der Waals surface area contributed by atoms with Gasteiger partial charge in [-0.15, -0.1) is 16.1 Å². The first kappa shape index (κ1) is 18.4. The fourth-order valence-corrected chi connectivity index (χ4v) is 3.60. The van der Waals surface area contributed by atoms with Crippen LogP contribution in [-0.4, -0.2) is 20.3 Å². The van der Waals surface area contributed by atoms with Crippen molar-refractivity contribution in [1.82, 2.24) is 10.2 Å². The first-order valence-corrected chi connectivity index (χ1v) is 8.93. The maximum Gasteiger partial charge on any atom is 0.150 e. The number of hydrogen-bond donors (Lipinski definition) is 4. The van der Waals surface area contributed by atoms with E-state index < -0.39 is 11.4 Å². The first-order valence-electron chi connectivity index (χ1n) is 6.90. The largest absolute Gasteiger partial charge is 0.598 e. The van der Waals surface area contributed by atoms with Crippen molar-refractivity contribution >= 4 is 28.5 Å². The number of thiophene rings is 1. The number of rotatable bonds is 6. The van der Waals surface area contributed by atoms with Crippen LogP contribution in [0.4, 0.5) is 0 Å². The lowest BCUT2D eigenvalue weighted by atomic mass is 10.0. The molecule has 1 aromatic rings. The van der Waals surface area contributed by atoms with Crippen LogP contribution in [0.15, 0.2) is 11.4 Å². The van der Waals surface area contributed by atoms with Gasteiger partial charge in [0, 0.05) is 27.2 Å². The van der Waals surface area contributed by atoms with Crippen molar-refractivity contribution in [2.75, 3.05) is 0 Å². The molecular formula is C14H25N3O2S2. The van der Waals surface area contributed by atoms with Gasteiger partial charge in [0.15, 0.2) is 0 Å². The predicted octanol–water partition coefficient (Wildman–Crippen LogP) is 3.19. The molecule has 0 amide bonds. The Kier molecular flexibility index (Phi) is 6.68. The van der Waals surface area contributed by atoms with Crippen LogP contribution in [0.25, 0.3) is 0 Å². The summed E-state index contributed by atoms with van der Waals surface area (Å²) in [5.74, 6) is 0.429. The number of nitrogens with one attached hydrogen (secondary N) is 3. The number of hydrogen-bond acceptors (Lipinski definition) is 5. The third-order valence-corrected chi connectivity index (χ3v) is 5.53. The quantitative estimate of drug-likeness (QED) is 0.279. The molecule has 0 saturated carbocycles. The maximum atomic E-state index is 12.3. The van der Waals surface area contributed by atoms with E-state index in [1.54, 1.807) is 0 Å². The van der Waals surface area contributed by atoms with E-state index in [1.807, 2.05) is 37.7 Å². The Morgan fingerprint density at radius 3 is 2.57 bits per heavy atom. The zero-order chi connectivity index (χ0) is 16.2. The van der Waals surface area contributed by atoms with E-state index in [9.17, 15) is 4.55 Å². The van der Waals surface area contributed by atoms with Crippen LogP contribution in [0, 0.1) is 11.3 Å². The van der Waals surface area contributed by atoms with Crippen molar-refractivity contribution in [3.05, 3.63) is 21.9 Å². The molecule has 0 radical (unpaired) electrons. The fourth-order valence-electron chi connectivity index (χ4n) is 1.73. The van der Waals surface area contributed by atoms with Gasteiger partial charge in [0.25, 0.3) is 0 Å². The molecule has 0 bridgehead atoms. The molecule has 4 N–H and O–H groups in total. The molecule has 0 aliphatic heterocycles. The summed E-state index contributed by atoms with van der Waals surface area (Å²) in [6.07, 6.45) is 0.863. The van der Waals surface area contributed by atoms with Crippen molar-refractivity contribution < 1.29 is 9.76 Å². The molecular weight excluding hydrogens is 306 g/mol. The molecule has 1 aromatic heterocycles. The van der Waals surface area contributed by atoms with E-state index in [0.717, 1.165) is 11.3 Å². The molecule has 1 heterocycles. The standard InChI is InChI=1S/C14H25N3O2S2/c1-9(2)6-11(17-21(19)14(3,4)5)12-7-10(8-20-12)13(15)16-18/h7-9,11,17-18H,6H2,1-5H3,(H2,15,16)/t11-,21+/m1/s1. The molecule has 7 heteroatoms. The molecule has 0 spiro atoms. The van der Waals surface area contributed by atoms with Crippen LogP contribution in [-0.2, 0) is 11.4 Å². The summed E-state index contributed by atoms with van der Waals surface area (Å²) in [5.41, 5.74) is 2.48. The number of hydroxylamine groups is 1. The monoisotopic (exact) mass is 331 g/mol. The minimum atomic E-state index is -1.15. The van der Waals surface area contributed by atoms with Crippen LogP contribution in [0.1, 0.15) is 57.5 Å².